The Hall–Kier alpha value is -0.820. The summed E-state index contributed by atoms with van der Waals surface area (Å²) in [6, 6.07) is 0. The van der Waals surface area contributed by atoms with E-state index in [2.05, 4.69) is 31.1 Å². The molecule has 0 bridgehead atoms. The molecule has 0 atom stereocenters. The van der Waals surface area contributed by atoms with Gasteiger partial charge in [0.2, 0.25) is 0 Å². The minimum Gasteiger partial charge on any atom is -0.475 e. The van der Waals surface area contributed by atoms with Crippen LogP contribution in [0.2, 0.25) is 0 Å². The number of carboxylic acid groups (broad SMARTS) is 1. The summed E-state index contributed by atoms with van der Waals surface area (Å²) < 4.78 is 31.7. The number of alkyl halides is 3. The number of hydrogen-bond acceptors (Lipinski definition) is 3. The molecule has 0 spiro atoms. The van der Waals surface area contributed by atoms with Crippen LogP contribution in [-0.2, 0) is 4.79 Å². The van der Waals surface area contributed by atoms with Gasteiger partial charge in [-0.05, 0) is 20.1 Å². The first kappa shape index (κ1) is 17.6. The Balaban J connectivity index is 0. The van der Waals surface area contributed by atoms with Crippen molar-refractivity contribution in [1.29, 1.82) is 0 Å². The molecule has 0 aromatic rings. The zero-order chi connectivity index (χ0) is 13.2. The summed E-state index contributed by atoms with van der Waals surface area (Å²) in [5, 5.41) is 10.4. The van der Waals surface area contributed by atoms with E-state index in [1.54, 1.807) is 0 Å². The Bertz CT molecular complexity index is 186. The van der Waals surface area contributed by atoms with Crippen molar-refractivity contribution in [3.63, 3.8) is 0 Å². The smallest absolute Gasteiger partial charge is 0.475 e. The lowest BCUT2D eigenvalue weighted by atomic mass is 10.5. The van der Waals surface area contributed by atoms with Crippen molar-refractivity contribution in [1.82, 2.24) is 10.2 Å². The minimum atomic E-state index is -5.08. The summed E-state index contributed by atoms with van der Waals surface area (Å²) in [5.74, 6) is -2.76. The van der Waals surface area contributed by atoms with Crippen LogP contribution in [0.3, 0.4) is 0 Å². The normalized spacial score (nSPS) is 10.9. The number of rotatable bonds is 5. The summed E-state index contributed by atoms with van der Waals surface area (Å²) in [7, 11) is 2.14. The Morgan fingerprint density at radius 2 is 1.81 bits per heavy atom. The fourth-order valence-electron chi connectivity index (χ4n) is 0.605. The zero-order valence-electron chi connectivity index (χ0n) is 9.76. The molecule has 0 radical (unpaired) electrons. The van der Waals surface area contributed by atoms with Crippen molar-refractivity contribution in [2.45, 2.75) is 20.0 Å². The Labute approximate surface area is 93.4 Å². The molecule has 0 saturated heterocycles. The monoisotopic (exact) mass is 244 g/mol. The molecule has 0 aliphatic carbocycles. The summed E-state index contributed by atoms with van der Waals surface area (Å²) >= 11 is 0. The van der Waals surface area contributed by atoms with E-state index in [1.807, 2.05) is 0 Å². The molecule has 16 heavy (non-hydrogen) atoms. The predicted molar refractivity (Wildman–Crippen MR) is 55.4 cm³/mol. The summed E-state index contributed by atoms with van der Waals surface area (Å²) in [6.07, 6.45) is -5.08. The van der Waals surface area contributed by atoms with Gasteiger partial charge >= 0.3 is 12.1 Å². The maximum Gasteiger partial charge on any atom is 0.490 e. The minimum absolute atomic E-state index is 1.08. The second-order valence-corrected chi connectivity index (χ2v) is 3.05. The number of halogens is 3. The second-order valence-electron chi connectivity index (χ2n) is 3.05. The molecule has 0 aromatic heterocycles. The van der Waals surface area contributed by atoms with E-state index in [0.717, 1.165) is 26.2 Å². The number of likely N-dealkylation sites (N-methyl/N-ethyl adjacent to an activating group) is 2. The Kier molecular flexibility index (Phi) is 10.3. The zero-order valence-corrected chi connectivity index (χ0v) is 9.76. The van der Waals surface area contributed by atoms with E-state index in [1.165, 1.54) is 0 Å². The summed E-state index contributed by atoms with van der Waals surface area (Å²) in [5.41, 5.74) is 0. The van der Waals surface area contributed by atoms with E-state index < -0.39 is 12.1 Å². The van der Waals surface area contributed by atoms with Crippen LogP contribution < -0.4 is 5.32 Å². The van der Waals surface area contributed by atoms with E-state index in [0.29, 0.717) is 0 Å². The van der Waals surface area contributed by atoms with E-state index in [4.69, 9.17) is 9.90 Å². The van der Waals surface area contributed by atoms with Gasteiger partial charge in [-0.15, -0.1) is 0 Å². The highest BCUT2D eigenvalue weighted by Crippen LogP contribution is 2.13. The average Bonchev–Trinajstić information content (AvgIpc) is 2.17. The molecule has 7 heteroatoms. The van der Waals surface area contributed by atoms with Gasteiger partial charge in [0.25, 0.3) is 0 Å². The van der Waals surface area contributed by atoms with Crippen LogP contribution in [-0.4, -0.2) is 55.4 Å². The topological polar surface area (TPSA) is 52.6 Å². The van der Waals surface area contributed by atoms with Crippen LogP contribution in [0.5, 0.6) is 0 Å². The molecule has 0 aromatic carbocycles. The standard InChI is InChI=1S/C7H18N2.C2HF3O2/c1-4-8-6-7-9(3)5-2;3-2(4,5)1(6)7/h8H,4-7H2,1-3H3;(H,6,7). The maximum atomic E-state index is 10.6. The lowest BCUT2D eigenvalue weighted by Crippen LogP contribution is -2.28. The molecule has 0 aliphatic heterocycles. The first-order chi connectivity index (χ1) is 7.25. The molecule has 2 N–H and O–H groups in total. The van der Waals surface area contributed by atoms with Gasteiger partial charge in [0.1, 0.15) is 0 Å². The molecule has 98 valence electrons. The van der Waals surface area contributed by atoms with Crippen LogP contribution >= 0.6 is 0 Å². The van der Waals surface area contributed by atoms with E-state index >= 15 is 0 Å². The van der Waals surface area contributed by atoms with Gasteiger partial charge in [0, 0.05) is 13.1 Å². The van der Waals surface area contributed by atoms with Crippen LogP contribution in [0.15, 0.2) is 0 Å². The van der Waals surface area contributed by atoms with Gasteiger partial charge in [0.15, 0.2) is 0 Å². The van der Waals surface area contributed by atoms with Crippen molar-refractivity contribution >= 4 is 5.97 Å². The van der Waals surface area contributed by atoms with Crippen molar-refractivity contribution in [3.05, 3.63) is 0 Å². The predicted octanol–water partition coefficient (Wildman–Crippen LogP) is 1.18. The molecule has 0 unspecified atom stereocenters. The number of aliphatic carboxylic acids is 1. The van der Waals surface area contributed by atoms with Gasteiger partial charge < -0.3 is 15.3 Å². The first-order valence-corrected chi connectivity index (χ1v) is 4.95. The highest BCUT2D eigenvalue weighted by Gasteiger charge is 2.38. The molecule has 0 rings (SSSR count). The second kappa shape index (κ2) is 9.41. The quantitative estimate of drug-likeness (QED) is 0.713. The summed E-state index contributed by atoms with van der Waals surface area (Å²) in [4.78, 5) is 11.2. The number of carbonyl (C=O) groups is 1. The number of hydrogen-bond donors (Lipinski definition) is 2. The molecular weight excluding hydrogens is 225 g/mol. The van der Waals surface area contributed by atoms with Crippen molar-refractivity contribution in [2.75, 3.05) is 33.2 Å². The van der Waals surface area contributed by atoms with Gasteiger partial charge in [0.05, 0.1) is 0 Å². The third-order valence-corrected chi connectivity index (χ3v) is 1.70. The van der Waals surface area contributed by atoms with Crippen LogP contribution in [0.25, 0.3) is 0 Å². The van der Waals surface area contributed by atoms with Crippen molar-refractivity contribution in [2.24, 2.45) is 0 Å². The lowest BCUT2D eigenvalue weighted by molar-refractivity contribution is -0.192. The maximum absolute atomic E-state index is 10.6. The number of nitrogens with zero attached hydrogens (tertiary/aromatic N) is 1. The lowest BCUT2D eigenvalue weighted by Gasteiger charge is -2.12. The third kappa shape index (κ3) is 13.2. The number of carboxylic acids is 1. The highest BCUT2D eigenvalue weighted by molar-refractivity contribution is 5.73. The van der Waals surface area contributed by atoms with Gasteiger partial charge in [-0.1, -0.05) is 13.8 Å². The Morgan fingerprint density at radius 3 is 2.06 bits per heavy atom. The first-order valence-electron chi connectivity index (χ1n) is 4.95. The number of nitrogens with one attached hydrogen (secondary N) is 1. The van der Waals surface area contributed by atoms with E-state index in [9.17, 15) is 13.2 Å². The van der Waals surface area contributed by atoms with Crippen molar-refractivity contribution in [3.8, 4) is 0 Å². The average molecular weight is 244 g/mol. The highest BCUT2D eigenvalue weighted by atomic mass is 19.4. The van der Waals surface area contributed by atoms with Crippen LogP contribution in [0.1, 0.15) is 13.8 Å². The van der Waals surface area contributed by atoms with Crippen molar-refractivity contribution < 1.29 is 23.1 Å². The molecule has 0 aliphatic rings. The molecule has 4 nitrogen and oxygen atoms in total. The molecule has 0 heterocycles. The molecule has 0 saturated carbocycles. The van der Waals surface area contributed by atoms with Gasteiger partial charge in [-0.3, -0.25) is 0 Å². The van der Waals surface area contributed by atoms with Crippen LogP contribution in [0, 0.1) is 0 Å². The Morgan fingerprint density at radius 1 is 1.38 bits per heavy atom. The SMILES string of the molecule is CCNCCN(C)CC.O=C(O)C(F)(F)F. The van der Waals surface area contributed by atoms with Gasteiger partial charge in [-0.2, -0.15) is 13.2 Å². The fraction of sp³-hybridized carbons (Fsp3) is 0.889. The van der Waals surface area contributed by atoms with E-state index in [-0.39, 0.29) is 0 Å². The molecule has 0 fully saturated rings. The summed E-state index contributed by atoms with van der Waals surface area (Å²) in [6.45, 7) is 8.80. The van der Waals surface area contributed by atoms with Gasteiger partial charge in [-0.25, -0.2) is 4.79 Å². The largest absolute Gasteiger partial charge is 0.490 e. The third-order valence-electron chi connectivity index (χ3n) is 1.70. The van der Waals surface area contributed by atoms with Crippen LogP contribution in [0.4, 0.5) is 13.2 Å². The fourth-order valence-corrected chi connectivity index (χ4v) is 0.605. The molecular formula is C9H19F3N2O2. The molecule has 0 amide bonds.